The zero-order chi connectivity index (χ0) is 13.6. The summed E-state index contributed by atoms with van der Waals surface area (Å²) in [5.74, 6) is 0.00528. The van der Waals surface area contributed by atoms with E-state index in [1.165, 1.54) is 12.1 Å². The van der Waals surface area contributed by atoms with Gasteiger partial charge in [0.25, 0.3) is 0 Å². The second-order valence-corrected chi connectivity index (χ2v) is 4.59. The van der Waals surface area contributed by atoms with E-state index in [0.717, 1.165) is 16.6 Å². The number of halogens is 1. The van der Waals surface area contributed by atoms with Crippen molar-refractivity contribution < 1.29 is 4.39 Å². The molecule has 0 bridgehead atoms. The molecule has 5 heteroatoms. The van der Waals surface area contributed by atoms with Crippen LogP contribution in [0.15, 0.2) is 30.5 Å². The fourth-order valence-electron chi connectivity index (χ4n) is 2.21. The van der Waals surface area contributed by atoms with Crippen molar-refractivity contribution in [1.29, 1.82) is 0 Å². The monoisotopic (exact) mass is 256 g/mol. The Kier molecular flexibility index (Phi) is 2.48. The van der Waals surface area contributed by atoms with E-state index < -0.39 is 0 Å². The third kappa shape index (κ3) is 1.83. The van der Waals surface area contributed by atoms with Crippen LogP contribution in [-0.4, -0.2) is 14.5 Å². The Hall–Kier alpha value is -2.43. The SMILES string of the molecule is Cc1cc(F)cc(-n2c(N)nc3c(C)ccnc32)c1. The van der Waals surface area contributed by atoms with Crippen LogP contribution in [0.4, 0.5) is 10.3 Å². The lowest BCUT2D eigenvalue weighted by Crippen LogP contribution is -2.02. The van der Waals surface area contributed by atoms with E-state index in [1.807, 2.05) is 26.0 Å². The molecule has 3 rings (SSSR count). The molecule has 0 aliphatic carbocycles. The predicted octanol–water partition coefficient (Wildman–Crippen LogP) is 2.76. The molecular formula is C14H13FN4. The van der Waals surface area contributed by atoms with Gasteiger partial charge in [-0.15, -0.1) is 0 Å². The highest BCUT2D eigenvalue weighted by Gasteiger charge is 2.13. The summed E-state index contributed by atoms with van der Waals surface area (Å²) in [4.78, 5) is 8.60. The summed E-state index contributed by atoms with van der Waals surface area (Å²) in [7, 11) is 0. The number of aromatic nitrogens is 3. The standard InChI is InChI=1S/C14H13FN4/c1-8-5-10(15)7-11(6-8)19-13-12(18-14(19)16)9(2)3-4-17-13/h3-7H,1-2H3,(H2,16,18). The van der Waals surface area contributed by atoms with Gasteiger partial charge in [0.15, 0.2) is 5.65 Å². The lowest BCUT2D eigenvalue weighted by molar-refractivity contribution is 0.625. The number of anilines is 1. The van der Waals surface area contributed by atoms with E-state index in [1.54, 1.807) is 10.8 Å². The van der Waals surface area contributed by atoms with Gasteiger partial charge >= 0.3 is 0 Å². The number of pyridine rings is 1. The average Bonchev–Trinajstić information content (AvgIpc) is 2.65. The van der Waals surface area contributed by atoms with Crippen molar-refractivity contribution in [2.75, 3.05) is 5.73 Å². The molecule has 4 nitrogen and oxygen atoms in total. The summed E-state index contributed by atoms with van der Waals surface area (Å²) in [6.45, 7) is 3.78. The van der Waals surface area contributed by atoms with Gasteiger partial charge in [-0.05, 0) is 49.2 Å². The molecule has 2 heterocycles. The molecule has 1 aromatic carbocycles. The van der Waals surface area contributed by atoms with E-state index in [9.17, 15) is 4.39 Å². The van der Waals surface area contributed by atoms with Crippen LogP contribution in [0.2, 0.25) is 0 Å². The van der Waals surface area contributed by atoms with Gasteiger partial charge in [0.1, 0.15) is 11.3 Å². The molecule has 0 amide bonds. The van der Waals surface area contributed by atoms with Crippen molar-refractivity contribution in [3.05, 3.63) is 47.4 Å². The number of rotatable bonds is 1. The summed E-state index contributed by atoms with van der Waals surface area (Å²) in [6, 6.07) is 6.62. The van der Waals surface area contributed by atoms with Crippen molar-refractivity contribution in [2.24, 2.45) is 0 Å². The van der Waals surface area contributed by atoms with Crippen LogP contribution < -0.4 is 5.73 Å². The minimum absolute atomic E-state index is 0.302. The van der Waals surface area contributed by atoms with Crippen LogP contribution in [0.5, 0.6) is 0 Å². The molecule has 3 aromatic rings. The molecular weight excluding hydrogens is 243 g/mol. The third-order valence-electron chi connectivity index (χ3n) is 3.06. The van der Waals surface area contributed by atoms with E-state index in [0.29, 0.717) is 17.3 Å². The van der Waals surface area contributed by atoms with Gasteiger partial charge in [0.2, 0.25) is 5.95 Å². The third-order valence-corrected chi connectivity index (χ3v) is 3.06. The number of nitrogens with zero attached hydrogens (tertiary/aromatic N) is 3. The summed E-state index contributed by atoms with van der Waals surface area (Å²) in [5.41, 5.74) is 9.77. The molecule has 0 fully saturated rings. The van der Waals surface area contributed by atoms with Crippen LogP contribution in [0.1, 0.15) is 11.1 Å². The van der Waals surface area contributed by atoms with Crippen LogP contribution in [0.3, 0.4) is 0 Å². The van der Waals surface area contributed by atoms with Gasteiger partial charge in [-0.3, -0.25) is 4.57 Å². The number of hydrogen-bond acceptors (Lipinski definition) is 3. The Balaban J connectivity index is 2.36. The highest BCUT2D eigenvalue weighted by molar-refractivity contribution is 5.79. The molecule has 2 N–H and O–H groups in total. The zero-order valence-corrected chi connectivity index (χ0v) is 10.7. The maximum absolute atomic E-state index is 13.5. The highest BCUT2D eigenvalue weighted by Crippen LogP contribution is 2.24. The number of nitrogen functional groups attached to an aromatic ring is 1. The van der Waals surface area contributed by atoms with Crippen molar-refractivity contribution in [3.8, 4) is 5.69 Å². The average molecular weight is 256 g/mol. The largest absolute Gasteiger partial charge is 0.369 e. The molecule has 0 atom stereocenters. The second kappa shape index (κ2) is 4.05. The van der Waals surface area contributed by atoms with Gasteiger partial charge in [0.05, 0.1) is 5.69 Å². The number of imidazole rings is 1. The quantitative estimate of drug-likeness (QED) is 0.728. The molecule has 2 aromatic heterocycles. The summed E-state index contributed by atoms with van der Waals surface area (Å²) >= 11 is 0. The first kappa shape index (κ1) is 11.6. The molecule has 0 aliphatic heterocycles. The van der Waals surface area contributed by atoms with E-state index in [2.05, 4.69) is 9.97 Å². The lowest BCUT2D eigenvalue weighted by atomic mass is 10.2. The molecule has 0 saturated heterocycles. The van der Waals surface area contributed by atoms with E-state index >= 15 is 0 Å². The minimum Gasteiger partial charge on any atom is -0.369 e. The zero-order valence-electron chi connectivity index (χ0n) is 10.7. The van der Waals surface area contributed by atoms with Gasteiger partial charge in [-0.2, -0.15) is 0 Å². The normalized spacial score (nSPS) is 11.1. The topological polar surface area (TPSA) is 56.7 Å². The van der Waals surface area contributed by atoms with E-state index in [-0.39, 0.29) is 5.82 Å². The lowest BCUT2D eigenvalue weighted by Gasteiger charge is -2.07. The highest BCUT2D eigenvalue weighted by atomic mass is 19.1. The fourth-order valence-corrected chi connectivity index (χ4v) is 2.21. The number of hydrogen-bond donors (Lipinski definition) is 1. The number of benzene rings is 1. The Labute approximate surface area is 109 Å². The minimum atomic E-state index is -0.302. The number of fused-ring (bicyclic) bond motifs is 1. The first-order valence-electron chi connectivity index (χ1n) is 5.93. The van der Waals surface area contributed by atoms with Crippen molar-refractivity contribution in [3.63, 3.8) is 0 Å². The molecule has 0 radical (unpaired) electrons. The smallest absolute Gasteiger partial charge is 0.207 e. The van der Waals surface area contributed by atoms with Gasteiger partial charge in [-0.1, -0.05) is 0 Å². The summed E-state index contributed by atoms with van der Waals surface area (Å²) in [6.07, 6.45) is 1.70. The van der Waals surface area contributed by atoms with Crippen molar-refractivity contribution >= 4 is 17.1 Å². The molecule has 0 unspecified atom stereocenters. The fraction of sp³-hybridized carbons (Fsp3) is 0.143. The van der Waals surface area contributed by atoms with Crippen molar-refractivity contribution in [2.45, 2.75) is 13.8 Å². The van der Waals surface area contributed by atoms with Crippen LogP contribution in [0, 0.1) is 19.7 Å². The predicted molar refractivity (Wildman–Crippen MR) is 72.7 cm³/mol. The maximum Gasteiger partial charge on any atom is 0.207 e. The first-order chi connectivity index (χ1) is 9.06. The molecule has 0 saturated carbocycles. The Morgan fingerprint density at radius 3 is 2.74 bits per heavy atom. The second-order valence-electron chi connectivity index (χ2n) is 4.59. The van der Waals surface area contributed by atoms with Gasteiger partial charge in [0, 0.05) is 6.20 Å². The van der Waals surface area contributed by atoms with Gasteiger partial charge < -0.3 is 5.73 Å². The number of aryl methyl sites for hydroxylation is 2. The van der Waals surface area contributed by atoms with Crippen LogP contribution >= 0.6 is 0 Å². The summed E-state index contributed by atoms with van der Waals surface area (Å²) < 4.78 is 15.2. The Morgan fingerprint density at radius 2 is 2.00 bits per heavy atom. The molecule has 0 spiro atoms. The van der Waals surface area contributed by atoms with Crippen molar-refractivity contribution in [1.82, 2.24) is 14.5 Å². The maximum atomic E-state index is 13.5. The molecule has 96 valence electrons. The van der Waals surface area contributed by atoms with Crippen LogP contribution in [0.25, 0.3) is 16.9 Å². The number of nitrogens with two attached hydrogens (primary N) is 1. The molecule has 0 aliphatic rings. The molecule has 19 heavy (non-hydrogen) atoms. The van der Waals surface area contributed by atoms with Crippen LogP contribution in [-0.2, 0) is 0 Å². The Morgan fingerprint density at radius 1 is 1.21 bits per heavy atom. The van der Waals surface area contributed by atoms with E-state index in [4.69, 9.17) is 5.73 Å². The first-order valence-corrected chi connectivity index (χ1v) is 5.93. The Bertz CT molecular complexity index is 756. The van der Waals surface area contributed by atoms with Gasteiger partial charge in [-0.25, -0.2) is 14.4 Å². The summed E-state index contributed by atoms with van der Waals surface area (Å²) in [5, 5.41) is 0.